The second kappa shape index (κ2) is 5.67. The maximum absolute atomic E-state index is 12.3. The molecular weight excluding hydrogens is 268 g/mol. The van der Waals surface area contributed by atoms with Gasteiger partial charge in [0.2, 0.25) is 0 Å². The van der Waals surface area contributed by atoms with Crippen LogP contribution in [-0.2, 0) is 13.0 Å². The quantitative estimate of drug-likeness (QED) is 0.899. The molecule has 0 spiro atoms. The lowest BCUT2D eigenvalue weighted by atomic mass is 10.0. The summed E-state index contributed by atoms with van der Waals surface area (Å²) in [5.41, 5.74) is 2.43. The van der Waals surface area contributed by atoms with Gasteiger partial charge in [-0.15, -0.1) is 11.3 Å². The highest BCUT2D eigenvalue weighted by Gasteiger charge is 2.27. The number of rotatable bonds is 2. The van der Waals surface area contributed by atoms with Gasteiger partial charge < -0.3 is 10.2 Å². The molecule has 0 saturated heterocycles. The molecule has 1 aliphatic rings. The fraction of sp³-hybridized carbons (Fsp3) is 0.312. The Morgan fingerprint density at radius 3 is 2.95 bits per heavy atom. The molecule has 0 bridgehead atoms. The van der Waals surface area contributed by atoms with Crippen LogP contribution < -0.4 is 5.32 Å². The van der Waals surface area contributed by atoms with Crippen molar-refractivity contribution in [3.05, 3.63) is 57.8 Å². The summed E-state index contributed by atoms with van der Waals surface area (Å²) < 4.78 is 0. The molecule has 1 atom stereocenters. The Balaban J connectivity index is 1.64. The monoisotopic (exact) mass is 286 g/mol. The van der Waals surface area contributed by atoms with Crippen molar-refractivity contribution < 1.29 is 4.79 Å². The van der Waals surface area contributed by atoms with E-state index in [1.807, 2.05) is 35.2 Å². The van der Waals surface area contributed by atoms with Crippen molar-refractivity contribution in [2.45, 2.75) is 25.9 Å². The Morgan fingerprint density at radius 2 is 2.15 bits per heavy atom. The lowest BCUT2D eigenvalue weighted by molar-refractivity contribution is 0.175. The molecule has 0 aliphatic carbocycles. The minimum absolute atomic E-state index is 0.0261. The lowest BCUT2D eigenvalue weighted by Crippen LogP contribution is -2.44. The van der Waals surface area contributed by atoms with Gasteiger partial charge in [0.25, 0.3) is 0 Å². The van der Waals surface area contributed by atoms with Crippen molar-refractivity contribution in [1.29, 1.82) is 0 Å². The van der Waals surface area contributed by atoms with E-state index < -0.39 is 0 Å². The second-order valence-electron chi connectivity index (χ2n) is 5.06. The topological polar surface area (TPSA) is 32.3 Å². The third-order valence-electron chi connectivity index (χ3n) is 3.82. The van der Waals surface area contributed by atoms with Crippen LogP contribution in [0.2, 0.25) is 0 Å². The normalized spacial score (nSPS) is 17.6. The highest BCUT2D eigenvalue weighted by molar-refractivity contribution is 7.10. The molecule has 1 aliphatic heterocycles. The Bertz CT molecular complexity index is 594. The molecule has 1 aromatic carbocycles. The van der Waals surface area contributed by atoms with Gasteiger partial charge in [-0.25, -0.2) is 4.79 Å². The van der Waals surface area contributed by atoms with Crippen LogP contribution in [0.1, 0.15) is 29.0 Å². The third kappa shape index (κ3) is 2.56. The summed E-state index contributed by atoms with van der Waals surface area (Å²) in [7, 11) is 0. The van der Waals surface area contributed by atoms with Gasteiger partial charge in [-0.3, -0.25) is 0 Å². The first-order valence-corrected chi connectivity index (χ1v) is 7.78. The lowest BCUT2D eigenvalue weighted by Gasteiger charge is -2.33. The van der Waals surface area contributed by atoms with Gasteiger partial charge in [0, 0.05) is 18.0 Å². The van der Waals surface area contributed by atoms with E-state index in [-0.39, 0.29) is 12.1 Å². The highest BCUT2D eigenvalue weighted by atomic mass is 32.1. The van der Waals surface area contributed by atoms with E-state index >= 15 is 0 Å². The fourth-order valence-electron chi connectivity index (χ4n) is 2.66. The Labute approximate surface area is 123 Å². The largest absolute Gasteiger partial charge is 0.334 e. The van der Waals surface area contributed by atoms with Gasteiger partial charge in [-0.1, -0.05) is 30.3 Å². The number of thiophene rings is 1. The number of urea groups is 1. The van der Waals surface area contributed by atoms with Crippen molar-refractivity contribution in [2.75, 3.05) is 6.54 Å². The number of carbonyl (C=O) groups excluding carboxylic acids is 1. The van der Waals surface area contributed by atoms with E-state index in [0.29, 0.717) is 6.54 Å². The molecule has 1 aromatic heterocycles. The number of fused-ring (bicyclic) bond motifs is 1. The molecule has 2 heterocycles. The van der Waals surface area contributed by atoms with Crippen molar-refractivity contribution >= 4 is 17.4 Å². The average Bonchev–Trinajstić information content (AvgIpc) is 2.96. The van der Waals surface area contributed by atoms with E-state index in [9.17, 15) is 4.79 Å². The van der Waals surface area contributed by atoms with Gasteiger partial charge in [-0.05, 0) is 35.9 Å². The maximum atomic E-state index is 12.3. The van der Waals surface area contributed by atoms with Gasteiger partial charge in [-0.2, -0.15) is 0 Å². The minimum atomic E-state index is 0.0261. The van der Waals surface area contributed by atoms with Crippen LogP contribution in [0.4, 0.5) is 4.79 Å². The number of amides is 2. The van der Waals surface area contributed by atoms with Crippen LogP contribution in [0.3, 0.4) is 0 Å². The van der Waals surface area contributed by atoms with Crippen LogP contribution in [0.5, 0.6) is 0 Å². The third-order valence-corrected chi connectivity index (χ3v) is 4.82. The van der Waals surface area contributed by atoms with E-state index in [1.165, 1.54) is 10.4 Å². The van der Waals surface area contributed by atoms with Crippen LogP contribution in [0, 0.1) is 0 Å². The highest BCUT2D eigenvalue weighted by Crippen LogP contribution is 2.32. The first-order chi connectivity index (χ1) is 9.75. The molecule has 4 heteroatoms. The van der Waals surface area contributed by atoms with Crippen LogP contribution in [-0.4, -0.2) is 17.5 Å². The van der Waals surface area contributed by atoms with Gasteiger partial charge in [0.1, 0.15) is 0 Å². The average molecular weight is 286 g/mol. The summed E-state index contributed by atoms with van der Waals surface area (Å²) in [6.07, 6.45) is 0.968. The summed E-state index contributed by atoms with van der Waals surface area (Å²) in [6.45, 7) is 3.49. The first kappa shape index (κ1) is 13.2. The summed E-state index contributed by atoms with van der Waals surface area (Å²) in [5, 5.41) is 5.13. The predicted octanol–water partition coefficient (Wildman–Crippen LogP) is 3.58. The zero-order valence-electron chi connectivity index (χ0n) is 11.5. The summed E-state index contributed by atoms with van der Waals surface area (Å²) in [6, 6.07) is 12.3. The molecular formula is C16H18N2OS. The molecule has 3 rings (SSSR count). The standard InChI is InChI=1S/C16H18N2OS/c1-12-14-8-10-20-15(14)7-9-18(12)16(19)17-11-13-5-3-2-4-6-13/h2-6,8,10,12H,7,9,11H2,1H3,(H,17,19). The zero-order valence-corrected chi connectivity index (χ0v) is 12.3. The smallest absolute Gasteiger partial charge is 0.318 e. The van der Waals surface area contributed by atoms with Gasteiger partial charge in [0.05, 0.1) is 6.04 Å². The van der Waals surface area contributed by atoms with E-state index in [4.69, 9.17) is 0 Å². The minimum Gasteiger partial charge on any atom is -0.334 e. The van der Waals surface area contributed by atoms with E-state index in [0.717, 1.165) is 18.5 Å². The van der Waals surface area contributed by atoms with Crippen LogP contribution in [0.15, 0.2) is 41.8 Å². The molecule has 104 valence electrons. The SMILES string of the molecule is CC1c2ccsc2CCN1C(=O)NCc1ccccc1. The second-order valence-corrected chi connectivity index (χ2v) is 6.06. The Morgan fingerprint density at radius 1 is 1.35 bits per heavy atom. The van der Waals surface area contributed by atoms with Crippen molar-refractivity contribution in [1.82, 2.24) is 10.2 Å². The van der Waals surface area contributed by atoms with Gasteiger partial charge >= 0.3 is 6.03 Å². The number of nitrogens with zero attached hydrogens (tertiary/aromatic N) is 1. The first-order valence-electron chi connectivity index (χ1n) is 6.90. The maximum Gasteiger partial charge on any atom is 0.318 e. The molecule has 3 nitrogen and oxygen atoms in total. The number of nitrogens with one attached hydrogen (secondary N) is 1. The molecule has 2 amide bonds. The van der Waals surface area contributed by atoms with E-state index in [1.54, 1.807) is 11.3 Å². The fourth-order valence-corrected chi connectivity index (χ4v) is 3.62. The van der Waals surface area contributed by atoms with Crippen molar-refractivity contribution in [3.63, 3.8) is 0 Å². The summed E-state index contributed by atoms with van der Waals surface area (Å²) >= 11 is 1.79. The number of carbonyl (C=O) groups is 1. The number of benzene rings is 1. The van der Waals surface area contributed by atoms with Crippen LogP contribution in [0.25, 0.3) is 0 Å². The number of hydrogen-bond donors (Lipinski definition) is 1. The van der Waals surface area contributed by atoms with Crippen molar-refractivity contribution in [3.8, 4) is 0 Å². The van der Waals surface area contributed by atoms with Crippen LogP contribution >= 0.6 is 11.3 Å². The Hall–Kier alpha value is -1.81. The predicted molar refractivity (Wildman–Crippen MR) is 81.8 cm³/mol. The molecule has 1 unspecified atom stereocenters. The summed E-state index contributed by atoms with van der Waals surface area (Å²) in [5.74, 6) is 0. The molecule has 2 aromatic rings. The molecule has 0 radical (unpaired) electrons. The molecule has 1 N–H and O–H groups in total. The molecule has 0 fully saturated rings. The van der Waals surface area contributed by atoms with E-state index in [2.05, 4.69) is 23.7 Å². The zero-order chi connectivity index (χ0) is 13.9. The van der Waals surface area contributed by atoms with Crippen molar-refractivity contribution in [2.24, 2.45) is 0 Å². The molecule has 20 heavy (non-hydrogen) atoms. The Kier molecular flexibility index (Phi) is 3.74. The number of hydrogen-bond acceptors (Lipinski definition) is 2. The summed E-state index contributed by atoms with van der Waals surface area (Å²) in [4.78, 5) is 15.7. The molecule has 0 saturated carbocycles. The van der Waals surface area contributed by atoms with Gasteiger partial charge in [0.15, 0.2) is 0 Å².